The molecule has 2 rings (SSSR count). The molecule has 2 unspecified atom stereocenters. The van der Waals surface area contributed by atoms with Crippen LogP contribution in [-0.4, -0.2) is 50.8 Å². The summed E-state index contributed by atoms with van der Waals surface area (Å²) in [6.07, 6.45) is 0.997. The van der Waals surface area contributed by atoms with Crippen LogP contribution in [0.2, 0.25) is 0 Å². The van der Waals surface area contributed by atoms with Crippen molar-refractivity contribution in [2.75, 3.05) is 27.2 Å². The van der Waals surface area contributed by atoms with Crippen LogP contribution >= 0.6 is 12.4 Å². The van der Waals surface area contributed by atoms with Crippen molar-refractivity contribution in [3.63, 3.8) is 0 Å². The van der Waals surface area contributed by atoms with Crippen LogP contribution in [-0.2, 0) is 16.6 Å². The summed E-state index contributed by atoms with van der Waals surface area (Å²) in [5, 5.41) is 0. The number of likely N-dealkylation sites (tertiary alicyclic amines) is 1. The molecule has 0 aromatic heterocycles. The molecule has 7 heteroatoms. The van der Waals surface area contributed by atoms with Gasteiger partial charge in [0.1, 0.15) is 0 Å². The molecular formula is C15H26ClN3O2S. The molecule has 1 fully saturated rings. The van der Waals surface area contributed by atoms with Crippen molar-refractivity contribution in [3.05, 3.63) is 29.8 Å². The lowest BCUT2D eigenvalue weighted by molar-refractivity contribution is 0.157. The average molecular weight is 348 g/mol. The predicted octanol–water partition coefficient (Wildman–Crippen LogP) is 1.53. The van der Waals surface area contributed by atoms with Gasteiger partial charge in [-0.25, -0.2) is 12.7 Å². The van der Waals surface area contributed by atoms with Crippen molar-refractivity contribution < 1.29 is 8.42 Å². The Labute approximate surface area is 139 Å². The number of nitrogens with zero attached hydrogens (tertiary/aromatic N) is 2. The SMILES string of the molecule is CC1CN(Cc2cccc(S(=O)(=O)N(C)C)c2)CCC1N.Cl. The van der Waals surface area contributed by atoms with Gasteiger partial charge in [0.15, 0.2) is 0 Å². The maximum Gasteiger partial charge on any atom is 0.242 e. The molecule has 1 saturated heterocycles. The second-order valence-corrected chi connectivity index (χ2v) is 8.25. The summed E-state index contributed by atoms with van der Waals surface area (Å²) < 4.78 is 25.6. The lowest BCUT2D eigenvalue weighted by atomic mass is 9.94. The fourth-order valence-electron chi connectivity index (χ4n) is 2.67. The highest BCUT2D eigenvalue weighted by atomic mass is 35.5. The third-order valence-corrected chi connectivity index (χ3v) is 5.95. The summed E-state index contributed by atoms with van der Waals surface area (Å²) in [5.74, 6) is 0.479. The van der Waals surface area contributed by atoms with Gasteiger partial charge < -0.3 is 5.73 Å². The second-order valence-electron chi connectivity index (χ2n) is 6.10. The predicted molar refractivity (Wildman–Crippen MR) is 91.6 cm³/mol. The fraction of sp³-hybridized carbons (Fsp3) is 0.600. The van der Waals surface area contributed by atoms with Crippen molar-refractivity contribution in [2.24, 2.45) is 11.7 Å². The van der Waals surface area contributed by atoms with E-state index in [4.69, 9.17) is 5.73 Å². The van der Waals surface area contributed by atoms with E-state index in [1.807, 2.05) is 12.1 Å². The molecule has 0 spiro atoms. The van der Waals surface area contributed by atoms with Gasteiger partial charge in [-0.2, -0.15) is 0 Å². The van der Waals surface area contributed by atoms with Crippen molar-refractivity contribution in [3.8, 4) is 0 Å². The molecule has 2 N–H and O–H groups in total. The molecule has 1 aromatic rings. The van der Waals surface area contributed by atoms with Crippen molar-refractivity contribution in [1.82, 2.24) is 9.21 Å². The van der Waals surface area contributed by atoms with E-state index in [2.05, 4.69) is 11.8 Å². The van der Waals surface area contributed by atoms with E-state index >= 15 is 0 Å². The zero-order valence-corrected chi connectivity index (χ0v) is 15.0. The number of hydrogen-bond acceptors (Lipinski definition) is 4. The minimum Gasteiger partial charge on any atom is -0.327 e. The van der Waals surface area contributed by atoms with Crippen LogP contribution in [0.1, 0.15) is 18.9 Å². The Hall–Kier alpha value is -0.660. The van der Waals surface area contributed by atoms with Crippen LogP contribution in [0.3, 0.4) is 0 Å². The summed E-state index contributed by atoms with van der Waals surface area (Å²) in [5.41, 5.74) is 7.07. The number of halogens is 1. The van der Waals surface area contributed by atoms with E-state index in [0.717, 1.165) is 31.6 Å². The molecule has 1 aromatic carbocycles. The Bertz CT molecular complexity index is 592. The molecular weight excluding hydrogens is 322 g/mol. The molecule has 0 amide bonds. The Kier molecular flexibility index (Phi) is 6.83. The highest BCUT2D eigenvalue weighted by Crippen LogP contribution is 2.20. The number of piperidine rings is 1. The molecule has 126 valence electrons. The summed E-state index contributed by atoms with van der Waals surface area (Å²) in [4.78, 5) is 2.70. The smallest absolute Gasteiger partial charge is 0.242 e. The molecule has 5 nitrogen and oxygen atoms in total. The molecule has 1 heterocycles. The highest BCUT2D eigenvalue weighted by molar-refractivity contribution is 7.89. The minimum absolute atomic E-state index is 0. The minimum atomic E-state index is -3.36. The van der Waals surface area contributed by atoms with Gasteiger partial charge >= 0.3 is 0 Å². The Balaban J connectivity index is 0.00000242. The first kappa shape index (κ1) is 19.4. The summed E-state index contributed by atoms with van der Waals surface area (Å²) in [6.45, 7) is 4.87. The Morgan fingerprint density at radius 2 is 2.05 bits per heavy atom. The lowest BCUT2D eigenvalue weighted by Crippen LogP contribution is -2.45. The zero-order chi connectivity index (χ0) is 15.6. The van der Waals surface area contributed by atoms with Crippen molar-refractivity contribution >= 4 is 22.4 Å². The standard InChI is InChI=1S/C15H25N3O2S.ClH/c1-12-10-18(8-7-15(12)16)11-13-5-4-6-14(9-13)21(19,20)17(2)3;/h4-6,9,12,15H,7-8,10-11,16H2,1-3H3;1H. The van der Waals surface area contributed by atoms with Gasteiger partial charge in [-0.15, -0.1) is 12.4 Å². The van der Waals surface area contributed by atoms with Gasteiger partial charge in [-0.05, 0) is 36.6 Å². The van der Waals surface area contributed by atoms with Gasteiger partial charge in [-0.3, -0.25) is 4.90 Å². The maximum atomic E-state index is 12.2. The molecule has 0 saturated carbocycles. The molecule has 1 aliphatic heterocycles. The highest BCUT2D eigenvalue weighted by Gasteiger charge is 2.23. The van der Waals surface area contributed by atoms with Crippen LogP contribution < -0.4 is 5.73 Å². The topological polar surface area (TPSA) is 66.6 Å². The normalized spacial score (nSPS) is 23.3. The van der Waals surface area contributed by atoms with E-state index in [9.17, 15) is 8.42 Å². The lowest BCUT2D eigenvalue weighted by Gasteiger charge is -2.35. The fourth-order valence-corrected chi connectivity index (χ4v) is 3.64. The van der Waals surface area contributed by atoms with Gasteiger partial charge in [0, 0.05) is 33.2 Å². The number of sulfonamides is 1. The third kappa shape index (κ3) is 4.43. The largest absolute Gasteiger partial charge is 0.327 e. The maximum absolute atomic E-state index is 12.2. The average Bonchev–Trinajstić information content (AvgIpc) is 2.43. The van der Waals surface area contributed by atoms with E-state index in [1.165, 1.54) is 4.31 Å². The molecule has 0 bridgehead atoms. The number of rotatable bonds is 4. The van der Waals surface area contributed by atoms with Crippen LogP contribution in [0, 0.1) is 5.92 Å². The monoisotopic (exact) mass is 347 g/mol. The number of hydrogen-bond donors (Lipinski definition) is 1. The first-order valence-corrected chi connectivity index (χ1v) is 8.74. The Morgan fingerprint density at radius 1 is 1.36 bits per heavy atom. The van der Waals surface area contributed by atoms with E-state index in [1.54, 1.807) is 26.2 Å². The van der Waals surface area contributed by atoms with Gasteiger partial charge in [0.05, 0.1) is 4.90 Å². The zero-order valence-electron chi connectivity index (χ0n) is 13.4. The van der Waals surface area contributed by atoms with Gasteiger partial charge in [0.2, 0.25) is 10.0 Å². The van der Waals surface area contributed by atoms with E-state index in [0.29, 0.717) is 10.8 Å². The van der Waals surface area contributed by atoms with Crippen molar-refractivity contribution in [1.29, 1.82) is 0 Å². The van der Waals surface area contributed by atoms with Crippen LogP contribution in [0.5, 0.6) is 0 Å². The quantitative estimate of drug-likeness (QED) is 0.897. The third-order valence-electron chi connectivity index (χ3n) is 4.14. The molecule has 0 radical (unpaired) electrons. The van der Waals surface area contributed by atoms with Gasteiger partial charge in [0.25, 0.3) is 0 Å². The summed E-state index contributed by atoms with van der Waals surface area (Å²) in [7, 11) is -0.262. The molecule has 0 aliphatic carbocycles. The van der Waals surface area contributed by atoms with Crippen molar-refractivity contribution in [2.45, 2.75) is 30.8 Å². The first-order valence-electron chi connectivity index (χ1n) is 7.30. The van der Waals surface area contributed by atoms with Crippen LogP contribution in [0.15, 0.2) is 29.2 Å². The van der Waals surface area contributed by atoms with Crippen LogP contribution in [0.25, 0.3) is 0 Å². The Morgan fingerprint density at radius 3 is 2.64 bits per heavy atom. The van der Waals surface area contributed by atoms with Crippen LogP contribution in [0.4, 0.5) is 0 Å². The van der Waals surface area contributed by atoms with Gasteiger partial charge in [-0.1, -0.05) is 19.1 Å². The molecule has 22 heavy (non-hydrogen) atoms. The first-order chi connectivity index (χ1) is 9.80. The number of benzene rings is 1. The number of nitrogens with two attached hydrogens (primary N) is 1. The summed E-state index contributed by atoms with van der Waals surface area (Å²) >= 11 is 0. The molecule has 1 aliphatic rings. The summed E-state index contributed by atoms with van der Waals surface area (Å²) in [6, 6.07) is 7.49. The van der Waals surface area contributed by atoms with E-state index < -0.39 is 10.0 Å². The molecule has 2 atom stereocenters. The van der Waals surface area contributed by atoms with E-state index in [-0.39, 0.29) is 18.4 Å². The second kappa shape index (κ2) is 7.75.